The molecule has 1 fully saturated rings. The molecule has 0 unspecified atom stereocenters. The maximum absolute atomic E-state index is 13.1. The molecule has 2 aromatic rings. The summed E-state index contributed by atoms with van der Waals surface area (Å²) in [5.74, 6) is 0.538. The van der Waals surface area contributed by atoms with Crippen LogP contribution in [0.5, 0.6) is 0 Å². The first kappa shape index (κ1) is 22.0. The van der Waals surface area contributed by atoms with Crippen LogP contribution in [0.15, 0.2) is 48.8 Å². The normalized spacial score (nSPS) is 19.0. The van der Waals surface area contributed by atoms with E-state index in [1.54, 1.807) is 12.4 Å². The number of carbonyl (C=O) groups is 2. The van der Waals surface area contributed by atoms with Gasteiger partial charge in [0.25, 0.3) is 0 Å². The Balaban J connectivity index is 1.81. The number of nitrogens with zero attached hydrogens (tertiary/aromatic N) is 2. The number of carbonyl (C=O) groups excluding carboxylic acids is 2. The number of aromatic nitrogens is 1. The predicted octanol–water partition coefficient (Wildman–Crippen LogP) is 4.08. The highest BCUT2D eigenvalue weighted by Gasteiger charge is 2.43. The molecule has 5 nitrogen and oxygen atoms in total. The Morgan fingerprint density at radius 2 is 1.77 bits per heavy atom. The predicted molar refractivity (Wildman–Crippen MR) is 120 cm³/mol. The number of nitrogens with one attached hydrogen (secondary N) is 1. The molecule has 30 heavy (non-hydrogen) atoms. The van der Waals surface area contributed by atoms with Crippen molar-refractivity contribution in [1.82, 2.24) is 15.2 Å². The van der Waals surface area contributed by atoms with Crippen LogP contribution in [0.3, 0.4) is 0 Å². The van der Waals surface area contributed by atoms with Gasteiger partial charge in [-0.1, -0.05) is 38.1 Å². The van der Waals surface area contributed by atoms with Crippen LogP contribution >= 0.6 is 0 Å². The van der Waals surface area contributed by atoms with Crippen LogP contribution in [0.4, 0.5) is 0 Å². The molecule has 1 aliphatic rings. The van der Waals surface area contributed by atoms with Gasteiger partial charge in [0.05, 0.1) is 5.41 Å². The minimum Gasteiger partial charge on any atom is -0.356 e. The van der Waals surface area contributed by atoms with E-state index in [2.05, 4.69) is 48.4 Å². The molecule has 5 heteroatoms. The molecular formula is C25H33N3O2. The maximum atomic E-state index is 13.1. The average molecular weight is 408 g/mol. The van der Waals surface area contributed by atoms with Gasteiger partial charge in [0.15, 0.2) is 0 Å². The van der Waals surface area contributed by atoms with Crippen molar-refractivity contribution in [2.24, 2.45) is 11.3 Å². The molecule has 2 heterocycles. The first-order valence-electron chi connectivity index (χ1n) is 11.0. The lowest BCUT2D eigenvalue weighted by molar-refractivity contribution is -0.142. The smallest absolute Gasteiger partial charge is 0.228 e. The quantitative estimate of drug-likeness (QED) is 0.752. The summed E-state index contributed by atoms with van der Waals surface area (Å²) in [5, 5.41) is 3.03. The molecule has 0 radical (unpaired) electrons. The Bertz CT molecular complexity index is 848. The van der Waals surface area contributed by atoms with E-state index in [-0.39, 0.29) is 11.8 Å². The Morgan fingerprint density at radius 1 is 1.10 bits per heavy atom. The van der Waals surface area contributed by atoms with Crippen molar-refractivity contribution < 1.29 is 9.59 Å². The molecule has 2 amide bonds. The van der Waals surface area contributed by atoms with Gasteiger partial charge in [0.1, 0.15) is 0 Å². The zero-order valence-corrected chi connectivity index (χ0v) is 18.4. The first-order valence-corrected chi connectivity index (χ1v) is 11.0. The zero-order chi connectivity index (χ0) is 21.6. The number of rotatable bonds is 7. The second-order valence-corrected chi connectivity index (χ2v) is 8.77. The van der Waals surface area contributed by atoms with Crippen LogP contribution in [0.2, 0.25) is 0 Å². The number of pyridine rings is 1. The fourth-order valence-electron chi connectivity index (χ4n) is 4.33. The number of hydrogen-bond donors (Lipinski definition) is 1. The minimum atomic E-state index is -0.570. The minimum absolute atomic E-state index is 0.0604. The van der Waals surface area contributed by atoms with E-state index in [0.29, 0.717) is 31.8 Å². The summed E-state index contributed by atoms with van der Waals surface area (Å²) >= 11 is 0. The Labute approximate surface area is 179 Å². The third-order valence-corrected chi connectivity index (χ3v) is 5.84. The van der Waals surface area contributed by atoms with E-state index in [9.17, 15) is 9.59 Å². The Hall–Kier alpha value is -2.69. The van der Waals surface area contributed by atoms with Crippen LogP contribution < -0.4 is 5.32 Å². The summed E-state index contributed by atoms with van der Waals surface area (Å²) in [6, 6.07) is 12.4. The molecule has 0 saturated carbocycles. The van der Waals surface area contributed by atoms with Crippen molar-refractivity contribution in [3.05, 3.63) is 54.4 Å². The summed E-state index contributed by atoms with van der Waals surface area (Å²) in [7, 11) is 0. The van der Waals surface area contributed by atoms with E-state index in [0.717, 1.165) is 36.1 Å². The highest BCUT2D eigenvalue weighted by molar-refractivity contribution is 5.85. The van der Waals surface area contributed by atoms with Crippen LogP contribution in [0, 0.1) is 11.3 Å². The highest BCUT2D eigenvalue weighted by atomic mass is 16.2. The molecule has 1 saturated heterocycles. The van der Waals surface area contributed by atoms with Gasteiger partial charge in [0, 0.05) is 38.4 Å². The van der Waals surface area contributed by atoms with Gasteiger partial charge in [-0.2, -0.15) is 0 Å². The average Bonchev–Trinajstić information content (AvgIpc) is 2.75. The third-order valence-electron chi connectivity index (χ3n) is 5.84. The van der Waals surface area contributed by atoms with Crippen molar-refractivity contribution in [3.8, 4) is 11.1 Å². The van der Waals surface area contributed by atoms with Gasteiger partial charge < -0.3 is 10.2 Å². The number of likely N-dealkylation sites (tertiary alicyclic amines) is 1. The second kappa shape index (κ2) is 9.88. The lowest BCUT2D eigenvalue weighted by atomic mass is 9.74. The Kier molecular flexibility index (Phi) is 7.24. The summed E-state index contributed by atoms with van der Waals surface area (Å²) < 4.78 is 0. The van der Waals surface area contributed by atoms with Gasteiger partial charge in [0.2, 0.25) is 11.8 Å². The van der Waals surface area contributed by atoms with Crippen LogP contribution in [0.25, 0.3) is 11.1 Å². The van der Waals surface area contributed by atoms with E-state index < -0.39 is 5.41 Å². The first-order chi connectivity index (χ1) is 14.4. The third kappa shape index (κ3) is 5.26. The molecule has 1 aromatic heterocycles. The molecule has 0 bridgehead atoms. The van der Waals surface area contributed by atoms with Crippen LogP contribution in [-0.4, -0.2) is 41.3 Å². The molecule has 1 N–H and O–H groups in total. The molecule has 1 atom stereocenters. The van der Waals surface area contributed by atoms with Crippen molar-refractivity contribution in [3.63, 3.8) is 0 Å². The molecule has 1 aromatic carbocycles. The van der Waals surface area contributed by atoms with Crippen LogP contribution in [-0.2, 0) is 16.0 Å². The fraction of sp³-hybridized carbons (Fsp3) is 0.480. The Morgan fingerprint density at radius 3 is 2.40 bits per heavy atom. The number of amides is 2. The van der Waals surface area contributed by atoms with Gasteiger partial charge in [-0.3, -0.25) is 14.6 Å². The van der Waals surface area contributed by atoms with Gasteiger partial charge in [-0.05, 0) is 60.9 Å². The fourth-order valence-corrected chi connectivity index (χ4v) is 4.33. The van der Waals surface area contributed by atoms with Crippen LogP contribution in [0.1, 0.15) is 45.6 Å². The van der Waals surface area contributed by atoms with Crippen molar-refractivity contribution in [2.45, 2.75) is 46.5 Å². The van der Waals surface area contributed by atoms with Crippen molar-refractivity contribution >= 4 is 11.8 Å². The van der Waals surface area contributed by atoms with E-state index in [1.807, 2.05) is 24.0 Å². The number of benzene rings is 1. The topological polar surface area (TPSA) is 62.3 Å². The molecule has 1 aliphatic heterocycles. The molecular weight excluding hydrogens is 374 g/mol. The van der Waals surface area contributed by atoms with Crippen molar-refractivity contribution in [1.29, 1.82) is 0 Å². The number of piperidine rings is 1. The molecule has 0 spiro atoms. The standard InChI is InChI=1S/C25H33N3O2/c1-4-27-24(30)25(12-5-15-28(18-25)23(29)16-19(2)3)17-20-6-8-21(9-7-20)22-10-13-26-14-11-22/h6-11,13-14,19H,4-5,12,15-18H2,1-3H3,(H,27,30)/t25-/m1/s1. The lowest BCUT2D eigenvalue weighted by Gasteiger charge is -2.42. The van der Waals surface area contributed by atoms with E-state index in [4.69, 9.17) is 0 Å². The summed E-state index contributed by atoms with van der Waals surface area (Å²) in [6.07, 6.45) is 6.41. The summed E-state index contributed by atoms with van der Waals surface area (Å²) in [5.41, 5.74) is 2.81. The van der Waals surface area contributed by atoms with E-state index >= 15 is 0 Å². The second-order valence-electron chi connectivity index (χ2n) is 8.77. The molecule has 0 aliphatic carbocycles. The summed E-state index contributed by atoms with van der Waals surface area (Å²) in [4.78, 5) is 31.8. The zero-order valence-electron chi connectivity index (χ0n) is 18.4. The molecule has 160 valence electrons. The lowest BCUT2D eigenvalue weighted by Crippen LogP contribution is -2.54. The van der Waals surface area contributed by atoms with Gasteiger partial charge in [-0.25, -0.2) is 0 Å². The molecule has 3 rings (SSSR count). The van der Waals surface area contributed by atoms with Crippen molar-refractivity contribution in [2.75, 3.05) is 19.6 Å². The highest BCUT2D eigenvalue weighted by Crippen LogP contribution is 2.35. The van der Waals surface area contributed by atoms with E-state index in [1.165, 1.54) is 0 Å². The number of hydrogen-bond acceptors (Lipinski definition) is 3. The maximum Gasteiger partial charge on any atom is 0.228 e. The SMILES string of the molecule is CCNC(=O)[C@@]1(Cc2ccc(-c3ccncc3)cc2)CCCN(C(=O)CC(C)C)C1. The summed E-state index contributed by atoms with van der Waals surface area (Å²) in [6.45, 7) is 7.90. The van der Waals surface area contributed by atoms with Gasteiger partial charge in [-0.15, -0.1) is 0 Å². The van der Waals surface area contributed by atoms with Gasteiger partial charge >= 0.3 is 0 Å². The largest absolute Gasteiger partial charge is 0.356 e. The monoisotopic (exact) mass is 407 g/mol.